The Labute approximate surface area is 149 Å². The topological polar surface area (TPSA) is 67.0 Å². The molecule has 0 saturated heterocycles. The maximum absolute atomic E-state index is 13.3. The third-order valence-electron chi connectivity index (χ3n) is 4.35. The number of halogens is 1. The second-order valence-electron chi connectivity index (χ2n) is 6.31. The first-order valence-corrected chi connectivity index (χ1v) is 8.45. The van der Waals surface area contributed by atoms with Gasteiger partial charge in [0.1, 0.15) is 11.6 Å². The van der Waals surface area contributed by atoms with Crippen LogP contribution in [0.5, 0.6) is 5.75 Å². The summed E-state index contributed by atoms with van der Waals surface area (Å²) in [6.07, 6.45) is 5.58. The van der Waals surface area contributed by atoms with Gasteiger partial charge in [-0.1, -0.05) is 18.2 Å². The molecular weight excluding hydrogens is 333 g/mol. The summed E-state index contributed by atoms with van der Waals surface area (Å²) in [6.45, 7) is 0. The van der Waals surface area contributed by atoms with Gasteiger partial charge >= 0.3 is 0 Å². The van der Waals surface area contributed by atoms with Crippen LogP contribution < -0.4 is 10.1 Å². The zero-order valence-corrected chi connectivity index (χ0v) is 14.3. The summed E-state index contributed by atoms with van der Waals surface area (Å²) in [4.78, 5) is 12.5. The van der Waals surface area contributed by atoms with Crippen LogP contribution in [0.25, 0.3) is 23.1 Å². The largest absolute Gasteiger partial charge is 0.495 e. The van der Waals surface area contributed by atoms with Gasteiger partial charge in [0.2, 0.25) is 0 Å². The Morgan fingerprint density at radius 1 is 1.31 bits per heavy atom. The predicted molar refractivity (Wildman–Crippen MR) is 98.5 cm³/mol. The van der Waals surface area contributed by atoms with Gasteiger partial charge in [0.05, 0.1) is 29.3 Å². The van der Waals surface area contributed by atoms with Crippen molar-refractivity contribution in [3.8, 4) is 5.75 Å². The molecule has 3 aromatic rings. The standard InChI is InChI=1S/C20H18FN3O2/c1-26-19-15(20(25)22-14-6-7-14)8-10-17-18(19)16(23-24-17)9-5-12-3-2-4-13(21)11-12/h2-5,8-11,14H,6-7H2,1H3,(H,22,25)(H,23,24). The minimum Gasteiger partial charge on any atom is -0.495 e. The third kappa shape index (κ3) is 3.18. The number of fused-ring (bicyclic) bond motifs is 1. The van der Waals surface area contributed by atoms with Crippen molar-refractivity contribution in [1.82, 2.24) is 15.5 Å². The number of hydrogen-bond acceptors (Lipinski definition) is 3. The highest BCUT2D eigenvalue weighted by molar-refractivity contribution is 6.05. The average molecular weight is 351 g/mol. The van der Waals surface area contributed by atoms with Crippen molar-refractivity contribution >= 4 is 29.0 Å². The summed E-state index contributed by atoms with van der Waals surface area (Å²) < 4.78 is 18.9. The summed E-state index contributed by atoms with van der Waals surface area (Å²) in [6, 6.07) is 10.1. The summed E-state index contributed by atoms with van der Waals surface area (Å²) in [7, 11) is 1.54. The van der Waals surface area contributed by atoms with Gasteiger partial charge in [-0.2, -0.15) is 5.10 Å². The molecule has 0 bridgehead atoms. The Balaban J connectivity index is 1.74. The van der Waals surface area contributed by atoms with E-state index in [1.165, 1.54) is 19.2 Å². The number of aromatic amines is 1. The van der Waals surface area contributed by atoms with Crippen LogP contribution >= 0.6 is 0 Å². The first kappa shape index (κ1) is 16.3. The van der Waals surface area contributed by atoms with Crippen molar-refractivity contribution in [2.24, 2.45) is 0 Å². The maximum Gasteiger partial charge on any atom is 0.255 e. The number of benzene rings is 2. The van der Waals surface area contributed by atoms with Gasteiger partial charge in [0.15, 0.2) is 0 Å². The van der Waals surface area contributed by atoms with Crippen molar-refractivity contribution in [3.63, 3.8) is 0 Å². The first-order chi connectivity index (χ1) is 12.7. The maximum atomic E-state index is 13.3. The summed E-state index contributed by atoms with van der Waals surface area (Å²) in [5, 5.41) is 10.9. The molecule has 1 heterocycles. The van der Waals surface area contributed by atoms with Gasteiger partial charge in [-0.25, -0.2) is 4.39 Å². The van der Waals surface area contributed by atoms with E-state index in [0.717, 1.165) is 29.3 Å². The monoisotopic (exact) mass is 351 g/mol. The zero-order chi connectivity index (χ0) is 18.1. The number of methoxy groups -OCH3 is 1. The Bertz CT molecular complexity index is 1010. The van der Waals surface area contributed by atoms with Gasteiger partial charge in [0, 0.05) is 6.04 Å². The molecule has 0 atom stereocenters. The number of ether oxygens (including phenoxy) is 1. The molecule has 26 heavy (non-hydrogen) atoms. The fourth-order valence-electron chi connectivity index (χ4n) is 2.89. The molecule has 132 valence electrons. The predicted octanol–water partition coefficient (Wildman–Crippen LogP) is 3.77. The first-order valence-electron chi connectivity index (χ1n) is 8.45. The van der Waals surface area contributed by atoms with Crippen molar-refractivity contribution < 1.29 is 13.9 Å². The van der Waals surface area contributed by atoms with E-state index in [4.69, 9.17) is 4.74 Å². The van der Waals surface area contributed by atoms with E-state index < -0.39 is 0 Å². The molecule has 6 heteroatoms. The number of nitrogens with one attached hydrogen (secondary N) is 2. The molecule has 0 radical (unpaired) electrons. The molecular formula is C20H18FN3O2. The molecule has 2 N–H and O–H groups in total. The molecule has 1 amide bonds. The number of hydrogen-bond donors (Lipinski definition) is 2. The lowest BCUT2D eigenvalue weighted by Crippen LogP contribution is -2.25. The van der Waals surface area contributed by atoms with E-state index >= 15 is 0 Å². The van der Waals surface area contributed by atoms with Crippen LogP contribution in [0.3, 0.4) is 0 Å². The molecule has 4 rings (SSSR count). The van der Waals surface area contributed by atoms with Gasteiger partial charge in [-0.15, -0.1) is 0 Å². The molecule has 1 aliphatic carbocycles. The van der Waals surface area contributed by atoms with Gasteiger partial charge in [0.25, 0.3) is 5.91 Å². The van der Waals surface area contributed by atoms with Gasteiger partial charge in [-0.05, 0) is 48.7 Å². The molecule has 2 aromatic carbocycles. The van der Waals surface area contributed by atoms with Crippen LogP contribution in [0.4, 0.5) is 4.39 Å². The van der Waals surface area contributed by atoms with Gasteiger partial charge < -0.3 is 10.1 Å². The van der Waals surface area contributed by atoms with Crippen molar-refractivity contribution in [2.75, 3.05) is 7.11 Å². The fourth-order valence-corrected chi connectivity index (χ4v) is 2.89. The van der Waals surface area contributed by atoms with E-state index in [0.29, 0.717) is 17.0 Å². The van der Waals surface area contributed by atoms with E-state index in [9.17, 15) is 9.18 Å². The summed E-state index contributed by atoms with van der Waals surface area (Å²) in [5.74, 6) is 0.0384. The number of H-pyrrole nitrogens is 1. The average Bonchev–Trinajstić information content (AvgIpc) is 3.36. The zero-order valence-electron chi connectivity index (χ0n) is 14.3. The number of rotatable bonds is 5. The number of aromatic nitrogens is 2. The fraction of sp³-hybridized carbons (Fsp3) is 0.200. The number of nitrogens with zero attached hydrogens (tertiary/aromatic N) is 1. The molecule has 0 unspecified atom stereocenters. The molecule has 0 aliphatic heterocycles. The molecule has 5 nitrogen and oxygen atoms in total. The van der Waals surface area contributed by atoms with Crippen molar-refractivity contribution in [2.45, 2.75) is 18.9 Å². The highest BCUT2D eigenvalue weighted by atomic mass is 19.1. The Morgan fingerprint density at radius 3 is 2.88 bits per heavy atom. The van der Waals surface area contributed by atoms with E-state index in [2.05, 4.69) is 15.5 Å². The van der Waals surface area contributed by atoms with Crippen molar-refractivity contribution in [3.05, 3.63) is 59.0 Å². The van der Waals surface area contributed by atoms with Crippen LogP contribution in [-0.4, -0.2) is 29.3 Å². The highest BCUT2D eigenvalue weighted by Gasteiger charge is 2.26. The quantitative estimate of drug-likeness (QED) is 0.735. The number of carbonyl (C=O) groups is 1. The highest BCUT2D eigenvalue weighted by Crippen LogP contribution is 2.33. The smallest absolute Gasteiger partial charge is 0.255 e. The summed E-state index contributed by atoms with van der Waals surface area (Å²) >= 11 is 0. The molecule has 1 aliphatic rings. The lowest BCUT2D eigenvalue weighted by molar-refractivity contribution is 0.0948. The molecule has 1 aromatic heterocycles. The Hall–Kier alpha value is -3.15. The summed E-state index contributed by atoms with van der Waals surface area (Å²) in [5.41, 5.74) is 2.60. The second-order valence-corrected chi connectivity index (χ2v) is 6.31. The molecule has 1 saturated carbocycles. The molecule has 1 fully saturated rings. The number of amides is 1. The lowest BCUT2D eigenvalue weighted by Gasteiger charge is -2.10. The van der Waals surface area contributed by atoms with Crippen LogP contribution in [0.15, 0.2) is 36.4 Å². The van der Waals surface area contributed by atoms with E-state index in [1.807, 2.05) is 6.07 Å². The Morgan fingerprint density at radius 2 is 2.15 bits per heavy atom. The van der Waals surface area contributed by atoms with Crippen LogP contribution in [0.2, 0.25) is 0 Å². The lowest BCUT2D eigenvalue weighted by atomic mass is 10.1. The third-order valence-corrected chi connectivity index (χ3v) is 4.35. The van der Waals surface area contributed by atoms with E-state index in [1.54, 1.807) is 30.4 Å². The minimum absolute atomic E-state index is 0.146. The Kier molecular flexibility index (Phi) is 4.16. The van der Waals surface area contributed by atoms with Crippen LogP contribution in [-0.2, 0) is 0 Å². The number of carbonyl (C=O) groups excluding carboxylic acids is 1. The van der Waals surface area contributed by atoms with Crippen LogP contribution in [0.1, 0.15) is 34.5 Å². The molecule has 0 spiro atoms. The van der Waals surface area contributed by atoms with Crippen LogP contribution in [0, 0.1) is 5.82 Å². The normalized spacial score (nSPS) is 14.1. The second kappa shape index (κ2) is 6.63. The van der Waals surface area contributed by atoms with Gasteiger partial charge in [-0.3, -0.25) is 9.89 Å². The van der Waals surface area contributed by atoms with Crippen molar-refractivity contribution in [1.29, 1.82) is 0 Å². The minimum atomic E-state index is -0.296. The SMILES string of the molecule is COc1c(C(=O)NC2CC2)ccc2[nH]nc(C=Cc3cccc(F)c3)c12. The van der Waals surface area contributed by atoms with E-state index in [-0.39, 0.29) is 17.8 Å².